The summed E-state index contributed by atoms with van der Waals surface area (Å²) in [5, 5.41) is 7.01. The molecule has 0 aromatic carbocycles. The monoisotopic (exact) mass is 257 g/mol. The molecule has 0 saturated heterocycles. The van der Waals surface area contributed by atoms with Gasteiger partial charge >= 0.3 is 0 Å². The Bertz CT molecular complexity index is 634. The zero-order valence-corrected chi connectivity index (χ0v) is 11.7. The summed E-state index contributed by atoms with van der Waals surface area (Å²) in [4.78, 5) is 12.2. The highest BCUT2D eigenvalue weighted by Crippen LogP contribution is 2.35. The number of rotatable bonds is 2. The molecular formula is C15H19N3O. The van der Waals surface area contributed by atoms with Gasteiger partial charge in [-0.1, -0.05) is 13.8 Å². The van der Waals surface area contributed by atoms with E-state index < -0.39 is 0 Å². The van der Waals surface area contributed by atoms with Crippen LogP contribution in [-0.2, 0) is 13.0 Å². The molecule has 100 valence electrons. The maximum atomic E-state index is 12.2. The largest absolute Gasteiger partial charge is 0.346 e. The lowest BCUT2D eigenvalue weighted by Crippen LogP contribution is -2.28. The molecular weight excluding hydrogens is 238 g/mol. The van der Waals surface area contributed by atoms with Crippen LogP contribution in [0.4, 0.5) is 0 Å². The number of aromatic amines is 1. The van der Waals surface area contributed by atoms with Crippen LogP contribution in [0.5, 0.6) is 0 Å². The van der Waals surface area contributed by atoms with Crippen LogP contribution in [-0.4, -0.2) is 20.5 Å². The van der Waals surface area contributed by atoms with E-state index in [2.05, 4.69) is 28.6 Å². The number of carbonyl (C=O) groups excluding carboxylic acids is 1. The van der Waals surface area contributed by atoms with Gasteiger partial charge < -0.3 is 4.57 Å². The molecule has 4 heteroatoms. The number of fused-ring (bicyclic) bond motifs is 1. The first-order valence-corrected chi connectivity index (χ1v) is 6.66. The van der Waals surface area contributed by atoms with E-state index in [1.54, 1.807) is 0 Å². The molecule has 3 rings (SSSR count). The number of H-pyrrole nitrogens is 1. The van der Waals surface area contributed by atoms with Crippen LogP contribution in [0, 0.1) is 12.3 Å². The summed E-state index contributed by atoms with van der Waals surface area (Å²) >= 11 is 0. The molecule has 2 aromatic rings. The number of nitrogens with one attached hydrogen (secondary N) is 1. The fourth-order valence-electron chi connectivity index (χ4n) is 2.87. The summed E-state index contributed by atoms with van der Waals surface area (Å²) < 4.78 is 2.19. The summed E-state index contributed by atoms with van der Waals surface area (Å²) in [6.45, 7) is 7.12. The van der Waals surface area contributed by atoms with Gasteiger partial charge in [-0.15, -0.1) is 0 Å². The number of aryl methyl sites for hydroxylation is 1. The second-order valence-corrected chi connectivity index (χ2v) is 6.27. The first-order valence-electron chi connectivity index (χ1n) is 6.66. The van der Waals surface area contributed by atoms with Crippen molar-refractivity contribution in [3.05, 3.63) is 41.0 Å². The van der Waals surface area contributed by atoms with Crippen molar-refractivity contribution in [2.24, 2.45) is 5.41 Å². The van der Waals surface area contributed by atoms with Crippen LogP contribution in [0.2, 0.25) is 0 Å². The van der Waals surface area contributed by atoms with Crippen LogP contribution in [0.15, 0.2) is 18.5 Å². The average molecular weight is 257 g/mol. The Morgan fingerprint density at radius 2 is 2.21 bits per heavy atom. The maximum absolute atomic E-state index is 12.2. The molecule has 0 aliphatic heterocycles. The fourth-order valence-corrected chi connectivity index (χ4v) is 2.87. The van der Waals surface area contributed by atoms with Crippen molar-refractivity contribution in [2.75, 3.05) is 0 Å². The molecule has 19 heavy (non-hydrogen) atoms. The summed E-state index contributed by atoms with van der Waals surface area (Å²) in [6, 6.07) is 1.96. The minimum absolute atomic E-state index is 0.0611. The number of nitrogens with zero attached hydrogens (tertiary/aromatic N) is 2. The minimum atomic E-state index is 0.0611. The zero-order chi connectivity index (χ0) is 13.6. The molecule has 0 bridgehead atoms. The Balaban J connectivity index is 1.97. The third-order valence-corrected chi connectivity index (χ3v) is 3.94. The molecule has 0 saturated carbocycles. The van der Waals surface area contributed by atoms with Gasteiger partial charge in [-0.05, 0) is 24.8 Å². The van der Waals surface area contributed by atoms with Crippen LogP contribution < -0.4 is 0 Å². The van der Waals surface area contributed by atoms with E-state index in [4.69, 9.17) is 0 Å². The van der Waals surface area contributed by atoms with Gasteiger partial charge in [0.15, 0.2) is 5.78 Å². The van der Waals surface area contributed by atoms with Gasteiger partial charge in [0, 0.05) is 35.1 Å². The first-order chi connectivity index (χ1) is 8.96. The second-order valence-electron chi connectivity index (χ2n) is 6.27. The van der Waals surface area contributed by atoms with Crippen molar-refractivity contribution in [3.63, 3.8) is 0 Å². The summed E-state index contributed by atoms with van der Waals surface area (Å²) in [5.74, 6) is 0.272. The molecule has 0 amide bonds. The molecule has 2 heterocycles. The Morgan fingerprint density at radius 1 is 1.42 bits per heavy atom. The highest BCUT2D eigenvalue weighted by atomic mass is 16.1. The lowest BCUT2D eigenvalue weighted by molar-refractivity contribution is 0.0910. The van der Waals surface area contributed by atoms with Crippen molar-refractivity contribution in [3.8, 4) is 0 Å². The topological polar surface area (TPSA) is 50.7 Å². The second kappa shape index (κ2) is 4.08. The van der Waals surface area contributed by atoms with Crippen LogP contribution >= 0.6 is 0 Å². The standard InChI is InChI=1S/C15H19N3O/c1-10-11(8-16-17-10)9-18-5-4-12-13(18)6-15(2,3)7-14(12)19/h4-5,8H,6-7,9H2,1-3H3,(H,16,17). The van der Waals surface area contributed by atoms with E-state index >= 15 is 0 Å². The molecule has 0 atom stereocenters. The van der Waals surface area contributed by atoms with Crippen molar-refractivity contribution >= 4 is 5.78 Å². The van der Waals surface area contributed by atoms with Gasteiger partial charge in [0.1, 0.15) is 0 Å². The zero-order valence-electron chi connectivity index (χ0n) is 11.7. The molecule has 1 aliphatic carbocycles. The van der Waals surface area contributed by atoms with Crippen LogP contribution in [0.1, 0.15) is 47.6 Å². The molecule has 0 spiro atoms. The number of carbonyl (C=O) groups is 1. The smallest absolute Gasteiger partial charge is 0.165 e. The summed E-state index contributed by atoms with van der Waals surface area (Å²) in [6.07, 6.45) is 5.49. The molecule has 0 fully saturated rings. The average Bonchev–Trinajstić information content (AvgIpc) is 2.87. The van der Waals surface area contributed by atoms with Crippen molar-refractivity contribution in [1.29, 1.82) is 0 Å². The highest BCUT2D eigenvalue weighted by Gasteiger charge is 2.32. The fraction of sp³-hybridized carbons (Fsp3) is 0.467. The Kier molecular flexibility index (Phi) is 2.62. The van der Waals surface area contributed by atoms with Gasteiger partial charge in [-0.2, -0.15) is 5.10 Å². The molecule has 1 aliphatic rings. The van der Waals surface area contributed by atoms with Crippen molar-refractivity contribution < 1.29 is 4.79 Å². The first kappa shape index (κ1) is 12.2. The van der Waals surface area contributed by atoms with E-state index in [0.29, 0.717) is 6.42 Å². The molecule has 4 nitrogen and oxygen atoms in total. The normalized spacial score (nSPS) is 17.5. The van der Waals surface area contributed by atoms with Gasteiger partial charge in [-0.25, -0.2) is 0 Å². The lowest BCUT2D eigenvalue weighted by Gasteiger charge is -2.29. The van der Waals surface area contributed by atoms with Crippen molar-refractivity contribution in [2.45, 2.75) is 40.2 Å². The third kappa shape index (κ3) is 2.11. The van der Waals surface area contributed by atoms with Crippen LogP contribution in [0.3, 0.4) is 0 Å². The van der Waals surface area contributed by atoms with E-state index in [-0.39, 0.29) is 11.2 Å². The number of Topliss-reactive ketones (excluding diaryl/α,β-unsaturated/α-hetero) is 1. The molecule has 0 radical (unpaired) electrons. The Morgan fingerprint density at radius 3 is 2.89 bits per heavy atom. The summed E-state index contributed by atoms with van der Waals surface area (Å²) in [5.41, 5.74) is 4.39. The van der Waals surface area contributed by atoms with E-state index in [1.807, 2.05) is 25.4 Å². The lowest BCUT2D eigenvalue weighted by atomic mass is 9.76. The third-order valence-electron chi connectivity index (χ3n) is 3.94. The van der Waals surface area contributed by atoms with E-state index in [0.717, 1.165) is 24.2 Å². The molecule has 0 unspecified atom stereocenters. The van der Waals surface area contributed by atoms with Crippen molar-refractivity contribution in [1.82, 2.24) is 14.8 Å². The van der Waals surface area contributed by atoms with E-state index in [1.165, 1.54) is 11.3 Å². The van der Waals surface area contributed by atoms with Gasteiger partial charge in [0.05, 0.1) is 12.7 Å². The summed E-state index contributed by atoms with van der Waals surface area (Å²) in [7, 11) is 0. The Labute approximate surface area is 112 Å². The predicted octanol–water partition coefficient (Wildman–Crippen LogP) is 2.72. The SMILES string of the molecule is Cc1[nH]ncc1Cn1ccc2c1CC(C)(C)CC2=O. The number of hydrogen-bond acceptors (Lipinski definition) is 2. The highest BCUT2D eigenvalue weighted by molar-refractivity contribution is 5.98. The van der Waals surface area contributed by atoms with Gasteiger partial charge in [0.2, 0.25) is 0 Å². The number of ketones is 1. The van der Waals surface area contributed by atoms with E-state index in [9.17, 15) is 4.79 Å². The minimum Gasteiger partial charge on any atom is -0.346 e. The van der Waals surface area contributed by atoms with Gasteiger partial charge in [0.25, 0.3) is 0 Å². The molecule has 2 aromatic heterocycles. The van der Waals surface area contributed by atoms with Gasteiger partial charge in [-0.3, -0.25) is 9.89 Å². The Hall–Kier alpha value is -1.84. The van der Waals surface area contributed by atoms with Crippen LogP contribution in [0.25, 0.3) is 0 Å². The maximum Gasteiger partial charge on any atom is 0.165 e. The number of aromatic nitrogens is 3. The molecule has 1 N–H and O–H groups in total. The quantitative estimate of drug-likeness (QED) is 0.899. The number of hydrogen-bond donors (Lipinski definition) is 1. The predicted molar refractivity (Wildman–Crippen MR) is 73.3 cm³/mol.